The first-order valence-electron chi connectivity index (χ1n) is 24.1. The van der Waals surface area contributed by atoms with E-state index in [9.17, 15) is 9.59 Å². The summed E-state index contributed by atoms with van der Waals surface area (Å²) in [4.78, 5) is 25.2. The van der Waals surface area contributed by atoms with Gasteiger partial charge in [0.1, 0.15) is 5.84 Å². The van der Waals surface area contributed by atoms with Crippen LogP contribution in [0.5, 0.6) is 11.5 Å². The molecule has 0 aliphatic carbocycles. The predicted octanol–water partition coefficient (Wildman–Crippen LogP) is 15.4. The van der Waals surface area contributed by atoms with E-state index < -0.39 is 22.4 Å². The second kappa shape index (κ2) is 30.9. The maximum atomic E-state index is 9.95. The third-order valence-electron chi connectivity index (χ3n) is 12.1. The Kier molecular flexibility index (Phi) is 26.1. The Balaban J connectivity index is 0.000000964. The van der Waals surface area contributed by atoms with Crippen LogP contribution >= 0.6 is 0 Å². The SMILES string of the molecule is CCCCCCCCCCCCCCCCCCC1=Nc2c(CCCCCCCCCCCCCCCCCC)ccc3cccc(c23)N1.O=c1c(O)c(O)c1=O. The zero-order chi connectivity index (χ0) is 40.8. The van der Waals surface area contributed by atoms with Gasteiger partial charge in [0.2, 0.25) is 11.5 Å². The first-order valence-corrected chi connectivity index (χ1v) is 24.1. The lowest BCUT2D eigenvalue weighted by molar-refractivity contribution is 0.384. The van der Waals surface area contributed by atoms with Crippen LogP contribution in [-0.4, -0.2) is 16.0 Å². The molecule has 0 saturated carbocycles. The summed E-state index contributed by atoms with van der Waals surface area (Å²) in [5, 5.41) is 22.8. The van der Waals surface area contributed by atoms with E-state index in [1.807, 2.05) is 0 Å². The van der Waals surface area contributed by atoms with E-state index in [0.29, 0.717) is 0 Å². The van der Waals surface area contributed by atoms with Crippen molar-refractivity contribution in [1.29, 1.82) is 0 Å². The van der Waals surface area contributed by atoms with Crippen LogP contribution in [0.4, 0.5) is 11.4 Å². The molecule has 6 nitrogen and oxygen atoms in total. The van der Waals surface area contributed by atoms with Crippen LogP contribution in [-0.2, 0) is 6.42 Å². The smallest absolute Gasteiger partial charge is 0.275 e. The molecular weight excluding hydrogens is 705 g/mol. The molecule has 0 spiro atoms. The number of anilines is 1. The van der Waals surface area contributed by atoms with Crippen molar-refractivity contribution in [3.8, 4) is 11.5 Å². The Morgan fingerprint density at radius 2 is 0.825 bits per heavy atom. The van der Waals surface area contributed by atoms with Crippen LogP contribution in [0.25, 0.3) is 10.8 Å². The van der Waals surface area contributed by atoms with Crippen molar-refractivity contribution in [3.05, 3.63) is 56.3 Å². The lowest BCUT2D eigenvalue weighted by Gasteiger charge is -2.21. The fraction of sp³-hybridized carbons (Fsp3) is 0.706. The number of amidine groups is 1. The molecule has 0 unspecified atom stereocenters. The summed E-state index contributed by atoms with van der Waals surface area (Å²) in [7, 11) is 0. The number of benzene rings is 2. The lowest BCUT2D eigenvalue weighted by atomic mass is 9.96. The number of aryl methyl sites for hydroxylation is 1. The summed E-state index contributed by atoms with van der Waals surface area (Å²) in [5.74, 6) is -0.463. The van der Waals surface area contributed by atoms with Gasteiger partial charge in [-0.1, -0.05) is 231 Å². The molecule has 0 amide bonds. The molecule has 3 aromatic carbocycles. The van der Waals surface area contributed by atoms with Crippen LogP contribution in [0.2, 0.25) is 0 Å². The van der Waals surface area contributed by atoms with Gasteiger partial charge in [-0.25, -0.2) is 4.99 Å². The van der Waals surface area contributed by atoms with E-state index in [4.69, 9.17) is 15.2 Å². The quantitative estimate of drug-likeness (QED) is 0.0413. The van der Waals surface area contributed by atoms with E-state index in [1.54, 1.807) is 0 Å². The fourth-order valence-electron chi connectivity index (χ4n) is 8.35. The molecule has 4 rings (SSSR count). The minimum absolute atomic E-state index is 0.824. The van der Waals surface area contributed by atoms with Gasteiger partial charge in [-0.2, -0.15) is 0 Å². The van der Waals surface area contributed by atoms with E-state index in [1.165, 1.54) is 239 Å². The van der Waals surface area contributed by atoms with Crippen molar-refractivity contribution in [2.24, 2.45) is 4.99 Å². The van der Waals surface area contributed by atoms with Crippen molar-refractivity contribution in [1.82, 2.24) is 0 Å². The second-order valence-electron chi connectivity index (χ2n) is 17.1. The summed E-state index contributed by atoms with van der Waals surface area (Å²) in [6.45, 7) is 4.61. The zero-order valence-electron chi connectivity index (χ0n) is 36.6. The highest BCUT2D eigenvalue weighted by atomic mass is 16.3. The molecule has 3 aromatic rings. The molecule has 57 heavy (non-hydrogen) atoms. The van der Waals surface area contributed by atoms with Crippen LogP contribution < -0.4 is 16.2 Å². The topological polar surface area (TPSA) is 99.0 Å². The summed E-state index contributed by atoms with van der Waals surface area (Å²) >= 11 is 0. The molecule has 0 radical (unpaired) electrons. The Bertz CT molecular complexity index is 1560. The molecule has 1 heterocycles. The van der Waals surface area contributed by atoms with Crippen LogP contribution in [0.3, 0.4) is 0 Å². The number of nitrogens with one attached hydrogen (secondary N) is 1. The van der Waals surface area contributed by atoms with Crippen molar-refractivity contribution in [2.75, 3.05) is 5.32 Å². The highest BCUT2D eigenvalue weighted by molar-refractivity contribution is 6.14. The first-order chi connectivity index (χ1) is 28.0. The summed E-state index contributed by atoms with van der Waals surface area (Å²) in [5.41, 5.74) is 1.96. The minimum Gasteiger partial charge on any atom is -0.501 e. The fourth-order valence-corrected chi connectivity index (χ4v) is 8.35. The zero-order valence-corrected chi connectivity index (χ0v) is 36.6. The van der Waals surface area contributed by atoms with Crippen molar-refractivity contribution < 1.29 is 10.2 Å². The van der Waals surface area contributed by atoms with E-state index in [0.717, 1.165) is 12.8 Å². The van der Waals surface area contributed by atoms with Crippen molar-refractivity contribution in [2.45, 2.75) is 232 Å². The van der Waals surface area contributed by atoms with E-state index >= 15 is 0 Å². The maximum Gasteiger partial charge on any atom is 0.275 e. The maximum absolute atomic E-state index is 9.95. The number of rotatable bonds is 34. The number of aliphatic imine (C=N–C) groups is 1. The van der Waals surface area contributed by atoms with E-state index in [-0.39, 0.29) is 0 Å². The molecule has 1 aliphatic heterocycles. The average molecular weight is 787 g/mol. The minimum atomic E-state index is -1.01. The first kappa shape index (κ1) is 48.2. The van der Waals surface area contributed by atoms with Gasteiger partial charge in [-0.3, -0.25) is 9.59 Å². The van der Waals surface area contributed by atoms with E-state index in [2.05, 4.69) is 49.5 Å². The molecule has 6 heteroatoms. The standard InChI is InChI=1S/C47H80N2.C4H2O4/c1-3-5-7-9-11-13-15-17-19-21-23-25-27-29-31-33-36-43-41-40-42-37-35-38-44-46(42)47(43)49-45(48-44)39-34-32-30-28-26-24-22-20-18-16-14-12-10-8-6-4-2;5-1-2(6)4(8)3(1)7/h35,37-38,40-41H,3-34,36,39H2,1-2H3,(H,48,49);5-6H. The summed E-state index contributed by atoms with van der Waals surface area (Å²) < 4.78 is 0. The number of hydrogen-bond donors (Lipinski definition) is 3. The van der Waals surface area contributed by atoms with Gasteiger partial charge < -0.3 is 15.5 Å². The Hall–Kier alpha value is -3.15. The molecule has 1 aliphatic rings. The van der Waals surface area contributed by atoms with Gasteiger partial charge in [-0.15, -0.1) is 0 Å². The van der Waals surface area contributed by atoms with Gasteiger partial charge in [0.05, 0.1) is 5.69 Å². The third-order valence-corrected chi connectivity index (χ3v) is 12.1. The van der Waals surface area contributed by atoms with Crippen LogP contribution in [0, 0.1) is 0 Å². The van der Waals surface area contributed by atoms with Gasteiger partial charge in [-0.05, 0) is 36.3 Å². The molecule has 0 fully saturated rings. The van der Waals surface area contributed by atoms with Crippen LogP contribution in [0.15, 0.2) is 44.9 Å². The normalized spacial score (nSPS) is 12.1. The van der Waals surface area contributed by atoms with Crippen molar-refractivity contribution in [3.63, 3.8) is 0 Å². The third kappa shape index (κ3) is 19.4. The molecule has 320 valence electrons. The molecule has 0 bridgehead atoms. The van der Waals surface area contributed by atoms with Crippen molar-refractivity contribution >= 4 is 28.0 Å². The predicted molar refractivity (Wildman–Crippen MR) is 247 cm³/mol. The molecule has 0 atom stereocenters. The highest BCUT2D eigenvalue weighted by Crippen LogP contribution is 2.39. The highest BCUT2D eigenvalue weighted by Gasteiger charge is 2.18. The van der Waals surface area contributed by atoms with Gasteiger partial charge in [0.25, 0.3) is 10.9 Å². The molecule has 3 N–H and O–H groups in total. The monoisotopic (exact) mass is 787 g/mol. The van der Waals surface area contributed by atoms with Crippen LogP contribution in [0.1, 0.15) is 231 Å². The van der Waals surface area contributed by atoms with Gasteiger partial charge in [0, 0.05) is 17.5 Å². The number of hydrogen-bond acceptors (Lipinski definition) is 6. The number of aromatic hydroxyl groups is 2. The van der Waals surface area contributed by atoms with Gasteiger partial charge >= 0.3 is 0 Å². The number of nitrogens with zero attached hydrogens (tertiary/aromatic N) is 1. The largest absolute Gasteiger partial charge is 0.501 e. The summed E-state index contributed by atoms with van der Waals surface area (Å²) in [6, 6.07) is 11.4. The lowest BCUT2D eigenvalue weighted by Crippen LogP contribution is -2.28. The Morgan fingerprint density at radius 3 is 1.21 bits per heavy atom. The Labute approximate surface area is 347 Å². The molecule has 0 aromatic heterocycles. The summed E-state index contributed by atoms with van der Waals surface area (Å²) in [6.07, 6.45) is 47.7. The van der Waals surface area contributed by atoms with Gasteiger partial charge in [0.15, 0.2) is 0 Å². The molecular formula is C51H82N2O4. The average Bonchev–Trinajstić information content (AvgIpc) is 3.23. The Morgan fingerprint density at radius 1 is 0.456 bits per heavy atom. The number of unbranched alkanes of at least 4 members (excludes halogenated alkanes) is 30. The molecule has 0 saturated heterocycles. The second-order valence-corrected chi connectivity index (χ2v) is 17.1.